The quantitative estimate of drug-likeness (QED) is 0.100. The van der Waals surface area contributed by atoms with Gasteiger partial charge in [-0.25, -0.2) is 59.0 Å². The molecular weight excluding hydrogens is 989 g/mol. The number of aromatic carboxylic acids is 1. The highest BCUT2D eigenvalue weighted by atomic mass is 16.5. The molecule has 5 N–H and O–H groups in total. The molecule has 8 heterocycles. The van der Waals surface area contributed by atoms with E-state index in [1.165, 1.54) is 13.2 Å². The van der Waals surface area contributed by atoms with Crippen LogP contribution in [0.15, 0.2) is 60.7 Å². The van der Waals surface area contributed by atoms with Crippen LogP contribution in [0.1, 0.15) is 68.7 Å². The van der Waals surface area contributed by atoms with Crippen molar-refractivity contribution in [2.45, 2.75) is 53.6 Å². The number of methoxy groups -OCH3 is 1. The van der Waals surface area contributed by atoms with Gasteiger partial charge in [-0.3, -0.25) is 0 Å². The van der Waals surface area contributed by atoms with Crippen LogP contribution in [0.5, 0.6) is 0 Å². The highest BCUT2D eigenvalue weighted by Gasteiger charge is 2.30. The van der Waals surface area contributed by atoms with Crippen molar-refractivity contribution in [3.8, 4) is 22.8 Å². The van der Waals surface area contributed by atoms with Gasteiger partial charge in [0.15, 0.2) is 23.0 Å². The highest BCUT2D eigenvalue weighted by molar-refractivity contribution is 5.90. The first-order chi connectivity index (χ1) is 37.4. The van der Waals surface area contributed by atoms with Crippen LogP contribution >= 0.6 is 0 Å². The molecule has 10 rings (SSSR count). The molecule has 6 aromatic rings. The maximum Gasteiger partial charge on any atom is 0.356 e. The van der Waals surface area contributed by atoms with Gasteiger partial charge >= 0.3 is 24.0 Å². The third kappa shape index (κ3) is 12.9. The summed E-state index contributed by atoms with van der Waals surface area (Å²) < 4.78 is 16.0. The number of amides is 4. The van der Waals surface area contributed by atoms with Crippen molar-refractivity contribution < 1.29 is 38.5 Å². The van der Waals surface area contributed by atoms with Crippen LogP contribution in [-0.4, -0.2) is 155 Å². The lowest BCUT2D eigenvalue weighted by Gasteiger charge is -2.34. The van der Waals surface area contributed by atoms with Gasteiger partial charge in [-0.1, -0.05) is 0 Å². The van der Waals surface area contributed by atoms with E-state index >= 15 is 0 Å². The summed E-state index contributed by atoms with van der Waals surface area (Å²) in [6, 6.07) is 17.5. The predicted octanol–water partition coefficient (Wildman–Crippen LogP) is 5.05. The molecule has 24 nitrogen and oxygen atoms in total. The zero-order valence-electron chi connectivity index (χ0n) is 43.8. The molecule has 4 aliphatic rings. The second-order valence-electron chi connectivity index (χ2n) is 18.4. The number of morpholine rings is 2. The van der Waals surface area contributed by atoms with Crippen molar-refractivity contribution >= 4 is 58.9 Å². The Morgan fingerprint density at radius 2 is 0.974 bits per heavy atom. The SMILES string of the molecule is CCNC(=O)Nc1ccc(-c2nc3c(c(N4CCOCC4)n2)CCN(c2nc(C)cc(C(=O)O)n2)C3)cc1.CCNC(=O)Nc1ccc(-c2nc3c(c(N4CCOCC4)n2)CCN(c2nc(C)cc(C(=O)OC)n2)C3)cc1. The number of nitrogens with zero attached hydrogens (tertiary/aromatic N) is 12. The van der Waals surface area contributed by atoms with Gasteiger partial charge in [-0.2, -0.15) is 0 Å². The van der Waals surface area contributed by atoms with E-state index in [9.17, 15) is 24.3 Å². The molecule has 0 radical (unpaired) electrons. The second-order valence-corrected chi connectivity index (χ2v) is 18.4. The number of anilines is 6. The van der Waals surface area contributed by atoms with Gasteiger partial charge in [0.1, 0.15) is 11.6 Å². The Labute approximate surface area is 445 Å². The fraction of sp³-hybridized carbons (Fsp3) is 0.396. The molecule has 4 aliphatic heterocycles. The number of aromatic nitrogens is 8. The maximum absolute atomic E-state index is 12.1. The van der Waals surface area contributed by atoms with Crippen molar-refractivity contribution in [3.05, 3.63) is 106 Å². The molecule has 0 bridgehead atoms. The number of hydrogen-bond donors (Lipinski definition) is 5. The summed E-state index contributed by atoms with van der Waals surface area (Å²) in [5.41, 5.74) is 8.41. The van der Waals surface area contributed by atoms with Gasteiger partial charge in [0.2, 0.25) is 11.9 Å². The predicted molar refractivity (Wildman–Crippen MR) is 288 cm³/mol. The number of benzene rings is 2. The number of esters is 1. The Hall–Kier alpha value is -8.64. The van der Waals surface area contributed by atoms with E-state index in [-0.39, 0.29) is 23.5 Å². The minimum atomic E-state index is -1.08. The first-order valence-electron chi connectivity index (χ1n) is 25.6. The number of nitrogens with one attached hydrogen (secondary N) is 4. The number of rotatable bonds is 12. The molecule has 0 atom stereocenters. The zero-order chi connectivity index (χ0) is 54.0. The van der Waals surface area contributed by atoms with Crippen molar-refractivity contribution in [2.24, 2.45) is 0 Å². The first-order valence-corrected chi connectivity index (χ1v) is 25.6. The van der Waals surface area contributed by atoms with Crippen LogP contribution in [-0.2, 0) is 40.1 Å². The summed E-state index contributed by atoms with van der Waals surface area (Å²) in [7, 11) is 1.34. The molecule has 0 saturated carbocycles. The molecule has 0 unspecified atom stereocenters. The Bertz CT molecular complexity index is 3120. The average Bonchev–Trinajstić information content (AvgIpc) is 3.46. The van der Waals surface area contributed by atoms with E-state index in [4.69, 9.17) is 34.1 Å². The molecule has 2 aromatic carbocycles. The minimum Gasteiger partial charge on any atom is -0.477 e. The van der Waals surface area contributed by atoms with E-state index in [0.29, 0.717) is 125 Å². The molecule has 0 aliphatic carbocycles. The summed E-state index contributed by atoms with van der Waals surface area (Å²) in [6.07, 6.45) is 1.39. The second kappa shape index (κ2) is 24.4. The smallest absolute Gasteiger partial charge is 0.356 e. The molecule has 77 heavy (non-hydrogen) atoms. The van der Waals surface area contributed by atoms with Crippen LogP contribution < -0.4 is 40.9 Å². The normalized spacial score (nSPS) is 15.0. The van der Waals surface area contributed by atoms with E-state index in [0.717, 1.165) is 71.5 Å². The molecular formula is C53H62N16O8. The van der Waals surface area contributed by atoms with E-state index in [1.54, 1.807) is 13.0 Å². The standard InChI is InChI=1S/C27H32N8O4.C26H30N8O4/c1-4-28-27(37)30-19-7-5-18(6-8-19)23-31-22-16-35(26-29-17(2)15-21(32-26)25(36)38-3)10-9-20(22)24(33-23)34-11-13-39-14-12-34;1-3-27-26(37)29-18-6-4-17(5-7-18)22-30-21-15-34(25-28-16(2)14-20(31-25)24(35)36)9-8-19(21)23(32-22)33-10-12-38-13-11-33/h5-8,15H,4,9-14,16H2,1-3H3,(H2,28,30,37);4-7,14H,3,8-13,15H2,1-2H3,(H,35,36)(H2,27,29,37). The lowest BCUT2D eigenvalue weighted by atomic mass is 10.0. The van der Waals surface area contributed by atoms with Gasteiger partial charge in [0.25, 0.3) is 0 Å². The third-order valence-electron chi connectivity index (χ3n) is 13.0. The van der Waals surface area contributed by atoms with E-state index in [1.807, 2.05) is 79.1 Å². The average molecular weight is 1050 g/mol. The number of fused-ring (bicyclic) bond motifs is 2. The number of carboxylic acids is 1. The molecule has 2 fully saturated rings. The van der Waals surface area contributed by atoms with Crippen molar-refractivity contribution in [2.75, 3.05) is 116 Å². The lowest BCUT2D eigenvalue weighted by Crippen LogP contribution is -2.40. The monoisotopic (exact) mass is 1050 g/mol. The number of carbonyl (C=O) groups excluding carboxylic acids is 3. The molecule has 0 spiro atoms. The number of ether oxygens (including phenoxy) is 3. The van der Waals surface area contributed by atoms with Crippen LogP contribution in [0.25, 0.3) is 22.8 Å². The van der Waals surface area contributed by atoms with Crippen LogP contribution in [0.2, 0.25) is 0 Å². The number of carboxylic acid groups (broad SMARTS) is 1. The Kier molecular flexibility index (Phi) is 16.8. The maximum atomic E-state index is 12.1. The molecule has 4 aromatic heterocycles. The molecule has 2 saturated heterocycles. The largest absolute Gasteiger partial charge is 0.477 e. The number of hydrogen-bond acceptors (Lipinski definition) is 19. The first kappa shape index (κ1) is 53.2. The number of aryl methyl sites for hydroxylation is 2. The Morgan fingerprint density at radius 1 is 0.558 bits per heavy atom. The van der Waals surface area contributed by atoms with Gasteiger partial charge < -0.3 is 60.2 Å². The molecule has 402 valence electrons. The zero-order valence-corrected chi connectivity index (χ0v) is 43.8. The third-order valence-corrected chi connectivity index (χ3v) is 13.0. The Morgan fingerprint density at radius 3 is 1.38 bits per heavy atom. The summed E-state index contributed by atoms with van der Waals surface area (Å²) >= 11 is 0. The van der Waals surface area contributed by atoms with Gasteiger partial charge in [0, 0.05) is 97.4 Å². The lowest BCUT2D eigenvalue weighted by molar-refractivity contribution is 0.0592. The van der Waals surface area contributed by atoms with Gasteiger partial charge in [0.05, 0.1) is 58.0 Å². The van der Waals surface area contributed by atoms with Gasteiger partial charge in [-0.15, -0.1) is 0 Å². The number of carbonyl (C=O) groups is 4. The van der Waals surface area contributed by atoms with Crippen LogP contribution in [0.3, 0.4) is 0 Å². The van der Waals surface area contributed by atoms with E-state index < -0.39 is 11.9 Å². The Balaban J connectivity index is 0.000000188. The minimum absolute atomic E-state index is 0.0306. The summed E-state index contributed by atoms with van der Waals surface area (Å²) in [5.74, 6) is 2.26. The van der Waals surface area contributed by atoms with Gasteiger partial charge in [-0.05, 0) is 101 Å². The van der Waals surface area contributed by atoms with Crippen molar-refractivity contribution in [1.29, 1.82) is 0 Å². The van der Waals surface area contributed by atoms with E-state index in [2.05, 4.69) is 51.0 Å². The molecule has 24 heteroatoms. The molecule has 4 amide bonds. The van der Waals surface area contributed by atoms with Crippen molar-refractivity contribution in [1.82, 2.24) is 50.5 Å². The fourth-order valence-electron chi connectivity index (χ4n) is 9.28. The summed E-state index contributed by atoms with van der Waals surface area (Å²) in [4.78, 5) is 93.6. The van der Waals surface area contributed by atoms with Crippen LogP contribution in [0.4, 0.5) is 44.5 Å². The highest BCUT2D eigenvalue weighted by Crippen LogP contribution is 2.34. The fourth-order valence-corrected chi connectivity index (χ4v) is 9.28. The topological polar surface area (TPSA) is 280 Å². The van der Waals surface area contributed by atoms with Crippen LogP contribution in [0, 0.1) is 13.8 Å². The van der Waals surface area contributed by atoms with Crippen molar-refractivity contribution in [3.63, 3.8) is 0 Å². The summed E-state index contributed by atoms with van der Waals surface area (Å²) in [5, 5.41) is 20.5. The summed E-state index contributed by atoms with van der Waals surface area (Å²) in [6.45, 7) is 16.2. The number of urea groups is 2.